The molecule has 0 aliphatic heterocycles. The zero-order valence-corrected chi connectivity index (χ0v) is 19.4. The summed E-state index contributed by atoms with van der Waals surface area (Å²) in [6.45, 7) is 3.29. The van der Waals surface area contributed by atoms with Crippen molar-refractivity contribution in [3.8, 4) is 16.9 Å². The Morgan fingerprint density at radius 3 is 1.94 bits per heavy atom. The molecule has 0 aliphatic rings. The Morgan fingerprint density at radius 2 is 1.44 bits per heavy atom. The Balaban J connectivity index is 1.49. The van der Waals surface area contributed by atoms with Crippen LogP contribution in [0.25, 0.3) is 11.1 Å². The fraction of sp³-hybridized carbons (Fsp3) is 0.259. The second kappa shape index (κ2) is 11.3. The summed E-state index contributed by atoms with van der Waals surface area (Å²) in [6.07, 6.45) is 0.392. The molecule has 178 valence electrons. The van der Waals surface area contributed by atoms with Crippen LogP contribution in [-0.4, -0.2) is 41.0 Å². The van der Waals surface area contributed by atoms with Crippen LogP contribution in [0.1, 0.15) is 25.0 Å². The van der Waals surface area contributed by atoms with Crippen LogP contribution in [0.2, 0.25) is 0 Å². The fourth-order valence-electron chi connectivity index (χ4n) is 3.39. The third-order valence-corrected chi connectivity index (χ3v) is 5.62. The van der Waals surface area contributed by atoms with Crippen LogP contribution in [0.5, 0.6) is 5.75 Å². The lowest BCUT2D eigenvalue weighted by Gasteiger charge is -2.25. The topological polar surface area (TPSA) is 108 Å². The first-order valence-corrected chi connectivity index (χ1v) is 11.2. The molecular formula is C27H30N2O5. The smallest absolute Gasteiger partial charge is 0.405 e. The van der Waals surface area contributed by atoms with Crippen molar-refractivity contribution in [1.29, 1.82) is 0 Å². The minimum absolute atomic E-state index is 0.465. The van der Waals surface area contributed by atoms with Crippen LogP contribution in [-0.2, 0) is 17.6 Å². The van der Waals surface area contributed by atoms with Gasteiger partial charge in [0, 0.05) is 12.1 Å². The highest BCUT2D eigenvalue weighted by Crippen LogP contribution is 2.21. The van der Waals surface area contributed by atoms with Crippen molar-refractivity contribution in [2.24, 2.45) is 0 Å². The fourth-order valence-corrected chi connectivity index (χ4v) is 3.39. The molecule has 3 rings (SSSR count). The SMILES string of the molecule is CCc1ccc(-c2ccc(CCOc3ccc(NC(=O)[C@](C)(CO)NC(=O)O)cc3)cc2)cc1. The molecule has 7 nitrogen and oxygen atoms in total. The van der Waals surface area contributed by atoms with E-state index in [1.807, 2.05) is 5.32 Å². The van der Waals surface area contributed by atoms with Gasteiger partial charge in [-0.25, -0.2) is 4.79 Å². The number of ether oxygens (including phenoxy) is 1. The normalized spacial score (nSPS) is 12.4. The van der Waals surface area contributed by atoms with Gasteiger partial charge in [-0.15, -0.1) is 0 Å². The van der Waals surface area contributed by atoms with Gasteiger partial charge in [-0.2, -0.15) is 0 Å². The Kier molecular flexibility index (Phi) is 8.27. The number of carboxylic acid groups (broad SMARTS) is 1. The number of carbonyl (C=O) groups excluding carboxylic acids is 1. The summed E-state index contributed by atoms with van der Waals surface area (Å²) in [5, 5.41) is 22.9. The quantitative estimate of drug-likeness (QED) is 0.355. The van der Waals surface area contributed by atoms with Gasteiger partial charge in [-0.3, -0.25) is 4.79 Å². The Morgan fingerprint density at radius 1 is 0.882 bits per heavy atom. The molecule has 7 heteroatoms. The van der Waals surface area contributed by atoms with Crippen LogP contribution in [0.4, 0.5) is 10.5 Å². The van der Waals surface area contributed by atoms with Crippen LogP contribution in [0, 0.1) is 0 Å². The molecule has 4 N–H and O–H groups in total. The molecule has 34 heavy (non-hydrogen) atoms. The Labute approximate surface area is 199 Å². The van der Waals surface area contributed by atoms with Crippen molar-refractivity contribution in [2.45, 2.75) is 32.2 Å². The zero-order valence-electron chi connectivity index (χ0n) is 19.4. The van der Waals surface area contributed by atoms with E-state index in [9.17, 15) is 14.7 Å². The lowest BCUT2D eigenvalue weighted by Crippen LogP contribution is -2.56. The number of hydrogen-bond donors (Lipinski definition) is 4. The highest BCUT2D eigenvalue weighted by atomic mass is 16.5. The van der Waals surface area contributed by atoms with E-state index in [0.29, 0.717) is 18.0 Å². The number of rotatable bonds is 10. The highest BCUT2D eigenvalue weighted by molar-refractivity contribution is 5.99. The third kappa shape index (κ3) is 6.59. The molecule has 3 aromatic carbocycles. The van der Waals surface area contributed by atoms with Crippen LogP contribution < -0.4 is 15.4 Å². The molecule has 0 spiro atoms. The summed E-state index contributed by atoms with van der Waals surface area (Å²) in [7, 11) is 0. The van der Waals surface area contributed by atoms with Crippen molar-refractivity contribution in [2.75, 3.05) is 18.5 Å². The summed E-state index contributed by atoms with van der Waals surface area (Å²) in [5.41, 5.74) is 3.70. The molecule has 2 amide bonds. The minimum atomic E-state index is -1.64. The van der Waals surface area contributed by atoms with E-state index in [1.54, 1.807) is 24.3 Å². The van der Waals surface area contributed by atoms with Crippen LogP contribution >= 0.6 is 0 Å². The monoisotopic (exact) mass is 462 g/mol. The van der Waals surface area contributed by atoms with Gasteiger partial charge in [0.05, 0.1) is 13.2 Å². The number of anilines is 1. The number of hydrogen-bond acceptors (Lipinski definition) is 4. The summed E-state index contributed by atoms with van der Waals surface area (Å²) in [6, 6.07) is 23.8. The van der Waals surface area contributed by atoms with Crippen molar-refractivity contribution < 1.29 is 24.5 Å². The van der Waals surface area contributed by atoms with Crippen molar-refractivity contribution in [3.63, 3.8) is 0 Å². The van der Waals surface area contributed by atoms with Gasteiger partial charge >= 0.3 is 6.09 Å². The summed E-state index contributed by atoms with van der Waals surface area (Å²) >= 11 is 0. The van der Waals surface area contributed by atoms with Gasteiger partial charge < -0.3 is 25.6 Å². The molecule has 0 aliphatic carbocycles. The van der Waals surface area contributed by atoms with E-state index < -0.39 is 24.1 Å². The van der Waals surface area contributed by atoms with Crippen LogP contribution in [0.3, 0.4) is 0 Å². The van der Waals surface area contributed by atoms with E-state index >= 15 is 0 Å². The second-order valence-electron chi connectivity index (χ2n) is 8.24. The first kappa shape index (κ1) is 24.8. The maximum absolute atomic E-state index is 12.3. The predicted molar refractivity (Wildman–Crippen MR) is 132 cm³/mol. The third-order valence-electron chi connectivity index (χ3n) is 5.62. The van der Waals surface area contributed by atoms with E-state index in [2.05, 4.69) is 60.8 Å². The molecular weight excluding hydrogens is 432 g/mol. The number of amides is 2. The summed E-state index contributed by atoms with van der Waals surface area (Å²) < 4.78 is 5.81. The molecule has 0 bridgehead atoms. The first-order valence-electron chi connectivity index (χ1n) is 11.2. The molecule has 0 aromatic heterocycles. The zero-order chi connectivity index (χ0) is 24.6. The molecule has 0 heterocycles. The summed E-state index contributed by atoms with van der Waals surface area (Å²) in [5.74, 6) is -0.00460. The lowest BCUT2D eigenvalue weighted by molar-refractivity contribution is -0.123. The van der Waals surface area contributed by atoms with E-state index in [4.69, 9.17) is 9.84 Å². The number of aryl methyl sites for hydroxylation is 1. The number of benzene rings is 3. The predicted octanol–water partition coefficient (Wildman–Crippen LogP) is 4.49. The molecule has 0 saturated carbocycles. The van der Waals surface area contributed by atoms with Crippen molar-refractivity contribution in [1.82, 2.24) is 5.32 Å². The number of nitrogens with one attached hydrogen (secondary N) is 2. The average Bonchev–Trinajstić information content (AvgIpc) is 2.85. The standard InChI is InChI=1S/C27H30N2O5/c1-3-19-4-8-21(9-5-19)22-10-6-20(7-11-22)16-17-34-24-14-12-23(13-15-24)28-25(31)27(2,18-30)29-26(32)33/h4-15,29-30H,3,16-18H2,1-2H3,(H,28,31)(H,32,33)/t27-/m0/s1. The molecule has 0 unspecified atom stereocenters. The van der Waals surface area contributed by atoms with Gasteiger partial charge in [-0.05, 0) is 59.9 Å². The van der Waals surface area contributed by atoms with Crippen LogP contribution in [0.15, 0.2) is 72.8 Å². The number of aliphatic hydroxyl groups is 1. The summed E-state index contributed by atoms with van der Waals surface area (Å²) in [4.78, 5) is 23.2. The van der Waals surface area contributed by atoms with E-state index in [-0.39, 0.29) is 0 Å². The van der Waals surface area contributed by atoms with Gasteiger partial charge in [0.15, 0.2) is 0 Å². The second-order valence-corrected chi connectivity index (χ2v) is 8.24. The molecule has 0 radical (unpaired) electrons. The maximum Gasteiger partial charge on any atom is 0.405 e. The van der Waals surface area contributed by atoms with Gasteiger partial charge in [-0.1, -0.05) is 55.5 Å². The number of aliphatic hydroxyl groups excluding tert-OH is 1. The Bertz CT molecular complexity index is 1100. The van der Waals surface area contributed by atoms with Crippen molar-refractivity contribution >= 4 is 17.7 Å². The lowest BCUT2D eigenvalue weighted by atomic mass is 10.0. The largest absolute Gasteiger partial charge is 0.493 e. The first-order chi connectivity index (χ1) is 16.3. The Hall–Kier alpha value is -3.84. The van der Waals surface area contributed by atoms with Gasteiger partial charge in [0.1, 0.15) is 11.3 Å². The van der Waals surface area contributed by atoms with E-state index in [1.165, 1.54) is 29.2 Å². The van der Waals surface area contributed by atoms with Gasteiger partial charge in [0.25, 0.3) is 5.91 Å². The van der Waals surface area contributed by atoms with Crippen molar-refractivity contribution in [3.05, 3.63) is 83.9 Å². The molecule has 0 saturated heterocycles. The average molecular weight is 463 g/mol. The maximum atomic E-state index is 12.3. The van der Waals surface area contributed by atoms with E-state index in [0.717, 1.165) is 12.8 Å². The molecule has 3 aromatic rings. The highest BCUT2D eigenvalue weighted by Gasteiger charge is 2.34. The molecule has 0 fully saturated rings. The van der Waals surface area contributed by atoms with Gasteiger partial charge in [0.2, 0.25) is 0 Å². The number of carbonyl (C=O) groups is 2. The molecule has 1 atom stereocenters. The minimum Gasteiger partial charge on any atom is -0.493 e.